The fraction of sp³-hybridized carbons (Fsp3) is 0.923. The molecule has 0 amide bonds. The van der Waals surface area contributed by atoms with Crippen molar-refractivity contribution in [3.8, 4) is 0 Å². The average molecular weight is 230 g/mol. The van der Waals surface area contributed by atoms with Gasteiger partial charge in [0.1, 0.15) is 6.10 Å². The number of carbonyl (C=O) groups is 1. The molecule has 0 bridgehead atoms. The van der Waals surface area contributed by atoms with Crippen LogP contribution in [0.4, 0.5) is 0 Å². The highest BCUT2D eigenvalue weighted by Crippen LogP contribution is 2.24. The van der Waals surface area contributed by atoms with Gasteiger partial charge in [-0.3, -0.25) is 4.79 Å². The van der Waals surface area contributed by atoms with E-state index in [4.69, 9.17) is 4.74 Å². The van der Waals surface area contributed by atoms with E-state index in [0.717, 1.165) is 25.7 Å². The zero-order valence-corrected chi connectivity index (χ0v) is 11.2. The number of hydrogen-bond donors (Lipinski definition) is 1. The van der Waals surface area contributed by atoms with Crippen LogP contribution in [0, 0.1) is 5.92 Å². The molecule has 0 unspecified atom stereocenters. The smallest absolute Gasteiger partial charge is 0.302 e. The molecule has 0 radical (unpaired) electrons. The number of rotatable bonds is 7. The average Bonchev–Trinajstić information content (AvgIpc) is 2.11. The van der Waals surface area contributed by atoms with Gasteiger partial charge in [0.15, 0.2) is 0 Å². The van der Waals surface area contributed by atoms with Crippen LogP contribution >= 0.6 is 0 Å². The van der Waals surface area contributed by atoms with Crippen molar-refractivity contribution in [2.75, 3.05) is 0 Å². The zero-order chi connectivity index (χ0) is 12.8. The lowest BCUT2D eigenvalue weighted by Gasteiger charge is -2.29. The molecule has 0 rings (SSSR count). The lowest BCUT2D eigenvalue weighted by atomic mass is 9.87. The molecular formula is C13H26O3. The second kappa shape index (κ2) is 6.89. The second-order valence-electron chi connectivity index (χ2n) is 5.16. The lowest BCUT2D eigenvalue weighted by molar-refractivity contribution is -0.148. The molecule has 3 nitrogen and oxygen atoms in total. The summed E-state index contributed by atoms with van der Waals surface area (Å²) in [4.78, 5) is 11.0. The summed E-state index contributed by atoms with van der Waals surface area (Å²) in [5.41, 5.74) is -0.718. The first-order valence-electron chi connectivity index (χ1n) is 6.17. The van der Waals surface area contributed by atoms with Gasteiger partial charge in [-0.05, 0) is 32.6 Å². The molecule has 0 aliphatic carbocycles. The first kappa shape index (κ1) is 15.4. The molecule has 1 N–H and O–H groups in total. The van der Waals surface area contributed by atoms with Gasteiger partial charge in [-0.1, -0.05) is 26.7 Å². The van der Waals surface area contributed by atoms with Gasteiger partial charge in [0.05, 0.1) is 5.60 Å². The molecule has 16 heavy (non-hydrogen) atoms. The fourth-order valence-corrected chi connectivity index (χ4v) is 1.57. The number of esters is 1. The van der Waals surface area contributed by atoms with Crippen molar-refractivity contribution in [2.45, 2.75) is 72.0 Å². The van der Waals surface area contributed by atoms with Crippen LogP contribution < -0.4 is 0 Å². The predicted molar refractivity (Wildman–Crippen MR) is 65.2 cm³/mol. The van der Waals surface area contributed by atoms with E-state index in [0.29, 0.717) is 0 Å². The number of hydrogen-bond acceptors (Lipinski definition) is 3. The summed E-state index contributed by atoms with van der Waals surface area (Å²) >= 11 is 0. The maximum atomic E-state index is 11.0. The molecule has 0 saturated carbocycles. The van der Waals surface area contributed by atoms with Crippen LogP contribution in [0.5, 0.6) is 0 Å². The molecule has 3 heteroatoms. The molecule has 0 fully saturated rings. The summed E-state index contributed by atoms with van der Waals surface area (Å²) in [5.74, 6) is -0.113. The van der Waals surface area contributed by atoms with Crippen molar-refractivity contribution >= 4 is 5.97 Å². The van der Waals surface area contributed by atoms with Gasteiger partial charge in [-0.2, -0.15) is 0 Å². The first-order valence-corrected chi connectivity index (χ1v) is 6.17. The number of carbonyl (C=O) groups excluding carboxylic acids is 1. The van der Waals surface area contributed by atoms with E-state index in [2.05, 4.69) is 6.92 Å². The van der Waals surface area contributed by atoms with Crippen molar-refractivity contribution in [1.82, 2.24) is 0 Å². The Morgan fingerprint density at radius 3 is 2.38 bits per heavy atom. The van der Waals surface area contributed by atoms with Gasteiger partial charge < -0.3 is 9.84 Å². The Labute approximate surface area is 99.2 Å². The highest BCUT2D eigenvalue weighted by molar-refractivity contribution is 5.66. The lowest BCUT2D eigenvalue weighted by Crippen LogP contribution is -2.32. The molecule has 0 aliphatic rings. The van der Waals surface area contributed by atoms with E-state index in [-0.39, 0.29) is 18.0 Å². The molecule has 0 spiro atoms. The second-order valence-corrected chi connectivity index (χ2v) is 5.16. The third-order valence-electron chi connectivity index (χ3n) is 3.03. The van der Waals surface area contributed by atoms with Crippen molar-refractivity contribution < 1.29 is 14.6 Å². The van der Waals surface area contributed by atoms with E-state index in [1.54, 1.807) is 13.8 Å². The summed E-state index contributed by atoms with van der Waals surface area (Å²) in [6, 6.07) is 0. The number of aliphatic hydroxyl groups is 1. The van der Waals surface area contributed by atoms with Crippen LogP contribution in [0.3, 0.4) is 0 Å². The Bertz CT molecular complexity index is 206. The third-order valence-corrected chi connectivity index (χ3v) is 3.03. The van der Waals surface area contributed by atoms with E-state index in [9.17, 15) is 9.90 Å². The van der Waals surface area contributed by atoms with Crippen molar-refractivity contribution in [3.05, 3.63) is 0 Å². The molecule has 0 aromatic heterocycles. The van der Waals surface area contributed by atoms with Crippen LogP contribution in [-0.4, -0.2) is 22.8 Å². The largest absolute Gasteiger partial charge is 0.463 e. The summed E-state index contributed by atoms with van der Waals surface area (Å²) in [6.45, 7) is 9.13. The predicted octanol–water partition coefficient (Wildman–Crippen LogP) is 2.91. The van der Waals surface area contributed by atoms with Crippen LogP contribution in [0.15, 0.2) is 0 Å². The van der Waals surface area contributed by atoms with Crippen LogP contribution in [-0.2, 0) is 9.53 Å². The zero-order valence-electron chi connectivity index (χ0n) is 11.2. The Kier molecular flexibility index (Phi) is 6.65. The van der Waals surface area contributed by atoms with Gasteiger partial charge in [0.2, 0.25) is 0 Å². The molecule has 96 valence electrons. The Balaban J connectivity index is 4.24. The van der Waals surface area contributed by atoms with Crippen LogP contribution in [0.2, 0.25) is 0 Å². The normalized spacial score (nSPS) is 15.6. The van der Waals surface area contributed by atoms with Gasteiger partial charge >= 0.3 is 5.97 Å². The van der Waals surface area contributed by atoms with E-state index in [1.165, 1.54) is 6.92 Å². The van der Waals surface area contributed by atoms with Crippen LogP contribution in [0.25, 0.3) is 0 Å². The van der Waals surface area contributed by atoms with Gasteiger partial charge in [0, 0.05) is 6.92 Å². The third kappa shape index (κ3) is 6.83. The molecule has 0 heterocycles. The minimum absolute atomic E-state index is 0.0566. The van der Waals surface area contributed by atoms with E-state index < -0.39 is 5.60 Å². The van der Waals surface area contributed by atoms with Crippen molar-refractivity contribution in [3.63, 3.8) is 0 Å². The minimum atomic E-state index is -0.718. The summed E-state index contributed by atoms with van der Waals surface area (Å²) < 4.78 is 5.27. The number of unbranched alkanes of at least 4 members (excludes halogenated alkanes) is 1. The van der Waals surface area contributed by atoms with E-state index in [1.807, 2.05) is 6.92 Å². The monoisotopic (exact) mass is 230 g/mol. The standard InChI is InChI=1S/C13H26O3/c1-6-7-8-12(16-11(3)14)9-10(2)13(4,5)15/h10,12,15H,6-9H2,1-5H3/t10-,12+/m0/s1. The quantitative estimate of drug-likeness (QED) is 0.684. The minimum Gasteiger partial charge on any atom is -0.463 e. The highest BCUT2D eigenvalue weighted by Gasteiger charge is 2.26. The molecule has 0 aromatic carbocycles. The van der Waals surface area contributed by atoms with Crippen molar-refractivity contribution in [1.29, 1.82) is 0 Å². The maximum Gasteiger partial charge on any atom is 0.302 e. The topological polar surface area (TPSA) is 46.5 Å². The SMILES string of the molecule is CCCC[C@H](C[C@H](C)C(C)(C)O)OC(C)=O. The summed E-state index contributed by atoms with van der Waals surface area (Å²) in [5, 5.41) is 9.85. The van der Waals surface area contributed by atoms with Gasteiger partial charge in [-0.25, -0.2) is 0 Å². The Morgan fingerprint density at radius 1 is 1.44 bits per heavy atom. The fourth-order valence-electron chi connectivity index (χ4n) is 1.57. The van der Waals surface area contributed by atoms with Gasteiger partial charge in [-0.15, -0.1) is 0 Å². The maximum absolute atomic E-state index is 11.0. The molecule has 0 aromatic rings. The Hall–Kier alpha value is -0.570. The highest BCUT2D eigenvalue weighted by atomic mass is 16.5. The molecule has 0 saturated heterocycles. The van der Waals surface area contributed by atoms with Crippen LogP contribution in [0.1, 0.15) is 60.3 Å². The van der Waals surface area contributed by atoms with E-state index >= 15 is 0 Å². The van der Waals surface area contributed by atoms with Crippen molar-refractivity contribution in [2.24, 2.45) is 5.92 Å². The Morgan fingerprint density at radius 2 is 2.00 bits per heavy atom. The van der Waals surface area contributed by atoms with Gasteiger partial charge in [0.25, 0.3) is 0 Å². The summed E-state index contributed by atoms with van der Waals surface area (Å²) in [7, 11) is 0. The molecule has 2 atom stereocenters. The molecule has 0 aliphatic heterocycles. The first-order chi connectivity index (χ1) is 7.27. The number of ether oxygens (including phenoxy) is 1. The molecular weight excluding hydrogens is 204 g/mol. The summed E-state index contributed by atoms with van der Waals surface area (Å²) in [6.07, 6.45) is 3.70.